The highest BCUT2D eigenvalue weighted by atomic mass is 32.2. The first-order chi connectivity index (χ1) is 13.5. The molecule has 146 valence electrons. The lowest BCUT2D eigenvalue weighted by Crippen LogP contribution is -2.38. The average Bonchev–Trinajstić information content (AvgIpc) is 3.09. The molecule has 28 heavy (non-hydrogen) atoms. The maximum absolute atomic E-state index is 13.3. The zero-order chi connectivity index (χ0) is 19.7. The van der Waals surface area contributed by atoms with Gasteiger partial charge in [0.15, 0.2) is 0 Å². The summed E-state index contributed by atoms with van der Waals surface area (Å²) in [6.45, 7) is 5.84. The summed E-state index contributed by atoms with van der Waals surface area (Å²) in [5, 5.41) is 10.3. The summed E-state index contributed by atoms with van der Waals surface area (Å²) in [5.41, 5.74) is 2.26. The molecule has 1 fully saturated rings. The molecular weight excluding hydrogens is 395 g/mol. The van der Waals surface area contributed by atoms with Gasteiger partial charge in [-0.05, 0) is 49.9 Å². The van der Waals surface area contributed by atoms with Gasteiger partial charge < -0.3 is 4.90 Å². The van der Waals surface area contributed by atoms with E-state index in [4.69, 9.17) is 0 Å². The molecule has 0 spiro atoms. The van der Waals surface area contributed by atoms with E-state index < -0.39 is 0 Å². The van der Waals surface area contributed by atoms with E-state index in [-0.39, 0.29) is 11.7 Å². The van der Waals surface area contributed by atoms with Gasteiger partial charge in [-0.1, -0.05) is 18.7 Å². The van der Waals surface area contributed by atoms with Crippen molar-refractivity contribution in [1.82, 2.24) is 20.1 Å². The zero-order valence-electron chi connectivity index (χ0n) is 15.8. The summed E-state index contributed by atoms with van der Waals surface area (Å²) in [6.07, 6.45) is 2.14. The summed E-state index contributed by atoms with van der Waals surface area (Å²) in [5.74, 6) is 0.886. The number of carbonyl (C=O) groups is 1. The van der Waals surface area contributed by atoms with E-state index in [0.29, 0.717) is 22.4 Å². The van der Waals surface area contributed by atoms with Crippen LogP contribution in [0.3, 0.4) is 0 Å². The number of aromatic nitrogens is 3. The van der Waals surface area contributed by atoms with Crippen molar-refractivity contribution in [2.45, 2.75) is 31.7 Å². The number of piperidine rings is 1. The number of rotatable bonds is 4. The van der Waals surface area contributed by atoms with Crippen LogP contribution in [0.5, 0.6) is 0 Å². The third-order valence-corrected chi connectivity index (χ3v) is 6.90. The number of amides is 1. The second-order valence-electron chi connectivity index (χ2n) is 7.12. The van der Waals surface area contributed by atoms with E-state index in [0.717, 1.165) is 46.7 Å². The number of nitrogens with zero attached hydrogens (tertiary/aromatic N) is 4. The highest BCUT2D eigenvalue weighted by Crippen LogP contribution is 2.35. The summed E-state index contributed by atoms with van der Waals surface area (Å²) in [6, 6.07) is 6.22. The topological polar surface area (TPSA) is 59.0 Å². The molecule has 0 saturated carbocycles. The maximum atomic E-state index is 13.3. The van der Waals surface area contributed by atoms with Crippen LogP contribution in [0.15, 0.2) is 29.3 Å². The van der Waals surface area contributed by atoms with Gasteiger partial charge in [-0.15, -0.1) is 21.5 Å². The number of benzene rings is 1. The maximum Gasteiger partial charge on any atom is 0.232 e. The fraction of sp³-hybridized carbons (Fsp3) is 0.400. The number of aryl methyl sites for hydroxylation is 1. The fourth-order valence-electron chi connectivity index (χ4n) is 3.29. The lowest BCUT2D eigenvalue weighted by atomic mass is 9.99. The number of thiazole rings is 1. The molecule has 0 N–H and O–H groups in total. The van der Waals surface area contributed by atoms with E-state index in [2.05, 4.69) is 22.1 Å². The smallest absolute Gasteiger partial charge is 0.232 e. The monoisotopic (exact) mass is 416 g/mol. The molecule has 1 aliphatic rings. The Morgan fingerprint density at radius 2 is 1.96 bits per heavy atom. The molecule has 3 aromatic rings. The second kappa shape index (κ2) is 8.13. The Bertz CT molecular complexity index is 997. The van der Waals surface area contributed by atoms with Crippen molar-refractivity contribution in [3.05, 3.63) is 35.1 Å². The summed E-state index contributed by atoms with van der Waals surface area (Å²) >= 11 is 2.93. The van der Waals surface area contributed by atoms with Crippen LogP contribution < -0.4 is 0 Å². The Morgan fingerprint density at radius 3 is 2.68 bits per heavy atom. The molecule has 0 radical (unpaired) electrons. The predicted octanol–water partition coefficient (Wildman–Crippen LogP) is 4.55. The van der Waals surface area contributed by atoms with Crippen molar-refractivity contribution in [1.29, 1.82) is 0 Å². The predicted molar refractivity (Wildman–Crippen MR) is 111 cm³/mol. The van der Waals surface area contributed by atoms with E-state index in [1.165, 1.54) is 35.2 Å². The van der Waals surface area contributed by atoms with Gasteiger partial charge in [0.1, 0.15) is 22.1 Å². The van der Waals surface area contributed by atoms with E-state index in [9.17, 15) is 9.18 Å². The van der Waals surface area contributed by atoms with Crippen LogP contribution in [0, 0.1) is 18.7 Å². The van der Waals surface area contributed by atoms with Gasteiger partial charge in [0.05, 0.1) is 15.5 Å². The molecular formula is C20H21FN4OS2. The summed E-state index contributed by atoms with van der Waals surface area (Å²) in [7, 11) is 0. The number of hydrogen-bond donors (Lipinski definition) is 0. The van der Waals surface area contributed by atoms with Crippen LogP contribution in [0.4, 0.5) is 4.39 Å². The third kappa shape index (κ3) is 4.03. The molecule has 1 amide bonds. The van der Waals surface area contributed by atoms with Crippen LogP contribution in [0.25, 0.3) is 21.5 Å². The van der Waals surface area contributed by atoms with E-state index >= 15 is 0 Å². The number of likely N-dealkylation sites (tertiary alicyclic amines) is 1. The fourth-order valence-corrected chi connectivity index (χ4v) is 5.11. The number of fused-ring (bicyclic) bond motifs is 1. The van der Waals surface area contributed by atoms with Gasteiger partial charge in [0, 0.05) is 18.7 Å². The number of halogens is 1. The molecule has 8 heteroatoms. The van der Waals surface area contributed by atoms with Crippen LogP contribution >= 0.6 is 23.1 Å². The normalized spacial score (nSPS) is 15.3. The number of thioether (sulfide) groups is 1. The second-order valence-corrected chi connectivity index (χ2v) is 9.29. The van der Waals surface area contributed by atoms with Gasteiger partial charge in [-0.2, -0.15) is 0 Å². The molecule has 0 atom stereocenters. The first kappa shape index (κ1) is 19.3. The average molecular weight is 417 g/mol. The third-order valence-electron chi connectivity index (χ3n) is 4.98. The van der Waals surface area contributed by atoms with Crippen LogP contribution in [-0.2, 0) is 4.79 Å². The molecule has 0 unspecified atom stereocenters. The Labute approximate surface area is 171 Å². The van der Waals surface area contributed by atoms with Gasteiger partial charge in [-0.3, -0.25) is 4.79 Å². The van der Waals surface area contributed by atoms with Gasteiger partial charge in [-0.25, -0.2) is 9.37 Å². The molecule has 0 bridgehead atoms. The van der Waals surface area contributed by atoms with Gasteiger partial charge >= 0.3 is 0 Å². The van der Waals surface area contributed by atoms with Crippen molar-refractivity contribution < 1.29 is 9.18 Å². The quantitative estimate of drug-likeness (QED) is 0.584. The van der Waals surface area contributed by atoms with Crippen molar-refractivity contribution in [3.63, 3.8) is 0 Å². The van der Waals surface area contributed by atoms with Crippen LogP contribution in [0.2, 0.25) is 0 Å². The lowest BCUT2D eigenvalue weighted by molar-refractivity contribution is -0.129. The highest BCUT2D eigenvalue weighted by molar-refractivity contribution is 8.00. The SMILES string of the molecule is Cc1nc2c(SCC(=O)N3CCC(C)CC3)nnc(-c3ccc(F)cc3)c2s1. The molecule has 4 rings (SSSR count). The zero-order valence-corrected chi connectivity index (χ0v) is 17.4. The highest BCUT2D eigenvalue weighted by Gasteiger charge is 2.22. The van der Waals surface area contributed by atoms with Crippen LogP contribution in [-0.4, -0.2) is 44.8 Å². The van der Waals surface area contributed by atoms with Gasteiger partial charge in [0.2, 0.25) is 5.91 Å². The molecule has 1 aliphatic heterocycles. The minimum atomic E-state index is -0.286. The Kier molecular flexibility index (Phi) is 5.59. The lowest BCUT2D eigenvalue weighted by Gasteiger charge is -2.30. The Morgan fingerprint density at radius 1 is 1.25 bits per heavy atom. The van der Waals surface area contributed by atoms with Crippen molar-refractivity contribution >= 4 is 39.2 Å². The first-order valence-corrected chi connectivity index (χ1v) is 11.1. The van der Waals surface area contributed by atoms with Crippen LogP contribution in [0.1, 0.15) is 24.8 Å². The standard InChI is InChI=1S/C20H21FN4OS2/c1-12-7-9-25(10-8-12)16(26)11-27-20-18-19(28-13(2)22-18)17(23-24-20)14-3-5-15(21)6-4-14/h3-6,12H,7-11H2,1-2H3. The molecule has 3 heterocycles. The summed E-state index contributed by atoms with van der Waals surface area (Å²) in [4.78, 5) is 19.1. The van der Waals surface area contributed by atoms with E-state index in [1.54, 1.807) is 12.1 Å². The minimum Gasteiger partial charge on any atom is -0.342 e. The van der Waals surface area contributed by atoms with Crippen molar-refractivity contribution in [2.75, 3.05) is 18.8 Å². The van der Waals surface area contributed by atoms with Crippen molar-refractivity contribution in [2.24, 2.45) is 5.92 Å². The largest absolute Gasteiger partial charge is 0.342 e. The molecule has 1 aromatic carbocycles. The minimum absolute atomic E-state index is 0.140. The Hall–Kier alpha value is -2.06. The molecule has 1 saturated heterocycles. The van der Waals surface area contributed by atoms with E-state index in [1.807, 2.05) is 11.8 Å². The summed E-state index contributed by atoms with van der Waals surface area (Å²) < 4.78 is 14.2. The number of carbonyl (C=O) groups excluding carboxylic acids is 1. The first-order valence-electron chi connectivity index (χ1n) is 9.31. The van der Waals surface area contributed by atoms with Gasteiger partial charge in [0.25, 0.3) is 0 Å². The van der Waals surface area contributed by atoms with Crippen molar-refractivity contribution in [3.8, 4) is 11.3 Å². The Balaban J connectivity index is 1.56. The molecule has 0 aliphatic carbocycles. The number of hydrogen-bond acceptors (Lipinski definition) is 6. The molecule has 5 nitrogen and oxygen atoms in total. The molecule has 2 aromatic heterocycles.